The van der Waals surface area contributed by atoms with Crippen LogP contribution in [0.1, 0.15) is 91.4 Å². The number of carboxylic acids is 1. The van der Waals surface area contributed by atoms with E-state index in [-0.39, 0.29) is 19.3 Å². The highest BCUT2D eigenvalue weighted by atomic mass is 31.2. The monoisotopic (exact) mass is 463 g/mol. The topological polar surface area (TPSA) is 111 Å². The van der Waals surface area contributed by atoms with Gasteiger partial charge >= 0.3 is 14.6 Å². The smallest absolute Gasteiger partial charge is 0.329 e. The molecule has 0 aromatic rings. The second-order valence-corrected chi connectivity index (χ2v) is 9.13. The minimum absolute atomic E-state index is 0.0367. The first-order valence-electron chi connectivity index (χ1n) is 11.9. The van der Waals surface area contributed by atoms with E-state index in [2.05, 4.69) is 32.9 Å². The predicted octanol–water partition coefficient (Wildman–Crippen LogP) is 5.56. The zero-order chi connectivity index (χ0) is 23.3. The van der Waals surface area contributed by atoms with Gasteiger partial charge in [-0.25, -0.2) is 0 Å². The van der Waals surface area contributed by atoms with Gasteiger partial charge in [0.2, 0.25) is 0 Å². The van der Waals surface area contributed by atoms with Crippen molar-refractivity contribution in [3.8, 4) is 0 Å². The standard InChI is InChI=1S/C23H46NO6P/c1-4-6-8-10-12-14-21(16-15-20(3)13-11-9-7-5-2)28-17-18-29-31(27)30-19-22(24)23(25)26/h15-16,20-22,27H,4-14,17-19,24H2,1-3H3,(H,25,26)/b16-15-/t20?,21?,22-,31?/m0/s1. The van der Waals surface area contributed by atoms with E-state index in [0.29, 0.717) is 12.5 Å². The molecular formula is C23H46NO6P. The molecule has 0 radical (unpaired) electrons. The van der Waals surface area contributed by atoms with E-state index in [1.807, 2.05) is 0 Å². The molecule has 0 amide bonds. The van der Waals surface area contributed by atoms with Crippen LogP contribution in [-0.4, -0.2) is 47.9 Å². The number of nitrogens with two attached hydrogens (primary N) is 1. The van der Waals surface area contributed by atoms with Gasteiger partial charge in [-0.1, -0.05) is 90.7 Å². The number of unbranched alkanes of at least 4 members (excludes halogenated alkanes) is 7. The lowest BCUT2D eigenvalue weighted by atomic mass is 10.0. The number of hydrogen-bond acceptors (Lipinski definition) is 6. The third-order valence-electron chi connectivity index (χ3n) is 5.06. The fraction of sp³-hybridized carbons (Fsp3) is 0.870. The molecule has 184 valence electrons. The molecule has 31 heavy (non-hydrogen) atoms. The van der Waals surface area contributed by atoms with Crippen LogP contribution in [0.25, 0.3) is 0 Å². The maximum absolute atomic E-state index is 10.6. The molecule has 0 saturated heterocycles. The lowest BCUT2D eigenvalue weighted by molar-refractivity contribution is -0.139. The van der Waals surface area contributed by atoms with Gasteiger partial charge in [0.1, 0.15) is 6.04 Å². The Labute approximate surface area is 190 Å². The van der Waals surface area contributed by atoms with E-state index in [1.165, 1.54) is 57.8 Å². The molecule has 0 aliphatic carbocycles. The molecule has 0 aliphatic rings. The second-order valence-electron chi connectivity index (χ2n) is 8.14. The van der Waals surface area contributed by atoms with E-state index >= 15 is 0 Å². The van der Waals surface area contributed by atoms with Crippen molar-refractivity contribution in [1.82, 2.24) is 0 Å². The van der Waals surface area contributed by atoms with Gasteiger partial charge < -0.3 is 29.5 Å². The summed E-state index contributed by atoms with van der Waals surface area (Å²) in [5, 5.41) is 8.70. The number of hydrogen-bond donors (Lipinski definition) is 3. The van der Waals surface area contributed by atoms with Crippen LogP contribution in [-0.2, 0) is 18.6 Å². The van der Waals surface area contributed by atoms with E-state index in [1.54, 1.807) is 0 Å². The lowest BCUT2D eigenvalue weighted by Gasteiger charge is -2.17. The number of rotatable bonds is 22. The summed E-state index contributed by atoms with van der Waals surface area (Å²) in [5.74, 6) is -0.642. The summed E-state index contributed by atoms with van der Waals surface area (Å²) in [6.45, 7) is 6.91. The Bertz CT molecular complexity index is 452. The van der Waals surface area contributed by atoms with Crippen molar-refractivity contribution in [2.75, 3.05) is 19.8 Å². The molecule has 4 N–H and O–H groups in total. The zero-order valence-electron chi connectivity index (χ0n) is 19.8. The van der Waals surface area contributed by atoms with Crippen molar-refractivity contribution in [2.45, 2.75) is 104 Å². The van der Waals surface area contributed by atoms with Crippen LogP contribution in [0.4, 0.5) is 0 Å². The van der Waals surface area contributed by atoms with Gasteiger partial charge in [0.25, 0.3) is 0 Å². The molecule has 4 atom stereocenters. The molecule has 0 saturated carbocycles. The first kappa shape index (κ1) is 30.4. The van der Waals surface area contributed by atoms with Gasteiger partial charge in [-0.15, -0.1) is 0 Å². The molecule has 0 heterocycles. The van der Waals surface area contributed by atoms with E-state index < -0.39 is 20.6 Å². The molecule has 8 heteroatoms. The molecule has 0 aromatic carbocycles. The van der Waals surface area contributed by atoms with Crippen LogP contribution < -0.4 is 5.73 Å². The maximum Gasteiger partial charge on any atom is 0.329 e. The van der Waals surface area contributed by atoms with Gasteiger partial charge in [-0.05, 0) is 18.8 Å². The maximum atomic E-state index is 10.6. The third-order valence-corrected chi connectivity index (χ3v) is 5.83. The van der Waals surface area contributed by atoms with E-state index in [0.717, 1.165) is 12.8 Å². The molecule has 0 bridgehead atoms. The minimum atomic E-state index is -2.16. The molecule has 0 aromatic heterocycles. The molecule has 7 nitrogen and oxygen atoms in total. The minimum Gasteiger partial charge on any atom is -0.480 e. The van der Waals surface area contributed by atoms with Crippen LogP contribution in [0.15, 0.2) is 12.2 Å². The van der Waals surface area contributed by atoms with Gasteiger partial charge in [0, 0.05) is 0 Å². The highest BCUT2D eigenvalue weighted by molar-refractivity contribution is 7.40. The number of ether oxygens (including phenoxy) is 1. The lowest BCUT2D eigenvalue weighted by Crippen LogP contribution is -2.34. The van der Waals surface area contributed by atoms with Crippen LogP contribution in [0.2, 0.25) is 0 Å². The Morgan fingerprint density at radius 2 is 1.55 bits per heavy atom. The van der Waals surface area contributed by atoms with Crippen molar-refractivity contribution in [3.63, 3.8) is 0 Å². The Hall–Kier alpha value is -0.560. The first-order chi connectivity index (χ1) is 14.9. The first-order valence-corrected chi connectivity index (χ1v) is 13.1. The summed E-state index contributed by atoms with van der Waals surface area (Å²) < 4.78 is 16.1. The van der Waals surface area contributed by atoms with Crippen molar-refractivity contribution >= 4 is 14.6 Å². The van der Waals surface area contributed by atoms with Gasteiger partial charge in [0.15, 0.2) is 0 Å². The average molecular weight is 464 g/mol. The van der Waals surface area contributed by atoms with Gasteiger partial charge in [-0.2, -0.15) is 0 Å². The third kappa shape index (κ3) is 19.8. The number of allylic oxidation sites excluding steroid dienone is 1. The number of aliphatic carboxylic acids is 1. The highest BCUT2D eigenvalue weighted by Gasteiger charge is 2.16. The summed E-state index contributed by atoms with van der Waals surface area (Å²) >= 11 is 0. The number of carbonyl (C=O) groups is 1. The molecule has 0 spiro atoms. The Kier molecular flexibility index (Phi) is 20.9. The van der Waals surface area contributed by atoms with Crippen molar-refractivity contribution < 1.29 is 28.6 Å². The van der Waals surface area contributed by atoms with Crippen molar-refractivity contribution in [1.29, 1.82) is 0 Å². The summed E-state index contributed by atoms with van der Waals surface area (Å²) in [5.41, 5.74) is 5.33. The Morgan fingerprint density at radius 3 is 2.19 bits per heavy atom. The van der Waals surface area contributed by atoms with Crippen LogP contribution in [0, 0.1) is 5.92 Å². The van der Waals surface area contributed by atoms with Gasteiger partial charge in [0.05, 0.1) is 25.9 Å². The normalized spacial score (nSPS) is 15.8. The number of carboxylic acid groups (broad SMARTS) is 1. The fourth-order valence-electron chi connectivity index (χ4n) is 3.05. The van der Waals surface area contributed by atoms with Crippen LogP contribution in [0.5, 0.6) is 0 Å². The molecule has 0 aliphatic heterocycles. The molecule has 0 rings (SSSR count). The largest absolute Gasteiger partial charge is 0.480 e. The molecule has 0 fully saturated rings. The van der Waals surface area contributed by atoms with Crippen LogP contribution in [0.3, 0.4) is 0 Å². The second kappa shape index (κ2) is 21.3. The van der Waals surface area contributed by atoms with Crippen molar-refractivity contribution in [2.24, 2.45) is 11.7 Å². The van der Waals surface area contributed by atoms with Gasteiger partial charge in [-0.3, -0.25) is 4.79 Å². The molecule has 3 unspecified atom stereocenters. The van der Waals surface area contributed by atoms with Crippen molar-refractivity contribution in [3.05, 3.63) is 12.2 Å². The Morgan fingerprint density at radius 1 is 0.935 bits per heavy atom. The van der Waals surface area contributed by atoms with Crippen LogP contribution >= 0.6 is 8.60 Å². The summed E-state index contributed by atoms with van der Waals surface area (Å²) in [6, 6.07) is -1.18. The summed E-state index contributed by atoms with van der Waals surface area (Å²) in [7, 11) is -2.16. The SMILES string of the molecule is CCCCCCCC(/C=C\C(C)CCCCCC)OCCOP(O)OC[C@H](N)C(=O)O. The quantitative estimate of drug-likeness (QED) is 0.109. The fourth-order valence-corrected chi connectivity index (χ4v) is 3.65. The predicted molar refractivity (Wildman–Crippen MR) is 127 cm³/mol. The highest BCUT2D eigenvalue weighted by Crippen LogP contribution is 2.32. The average Bonchev–Trinajstić information content (AvgIpc) is 2.75. The van der Waals surface area contributed by atoms with E-state index in [9.17, 15) is 9.69 Å². The summed E-state index contributed by atoms with van der Waals surface area (Å²) in [4.78, 5) is 20.3. The Balaban J connectivity index is 4.27. The molecular weight excluding hydrogens is 417 g/mol. The van der Waals surface area contributed by atoms with E-state index in [4.69, 9.17) is 24.6 Å². The zero-order valence-corrected chi connectivity index (χ0v) is 20.7. The summed E-state index contributed by atoms with van der Waals surface area (Å²) in [6.07, 6.45) is 17.9.